The molecule has 0 saturated carbocycles. The Morgan fingerprint density at radius 2 is 2.10 bits per heavy atom. The maximum Gasteiger partial charge on any atom is 0.0947 e. The number of hydrogen-bond acceptors (Lipinski definition) is 3. The number of nitrogens with two attached hydrogens (primary N) is 1. The Morgan fingerprint density at radius 1 is 1.40 bits per heavy atom. The zero-order chi connectivity index (χ0) is 14.9. The highest BCUT2D eigenvalue weighted by molar-refractivity contribution is 14.1. The maximum atomic E-state index is 6.27. The summed E-state index contributed by atoms with van der Waals surface area (Å²) >= 11 is 10.0. The van der Waals surface area contributed by atoms with Crippen LogP contribution in [0.3, 0.4) is 0 Å². The first-order valence-corrected chi connectivity index (χ1v) is 8.76. The van der Waals surface area contributed by atoms with Crippen LogP contribution in [0.15, 0.2) is 23.6 Å². The van der Waals surface area contributed by atoms with Gasteiger partial charge in [0.2, 0.25) is 0 Å². The first-order valence-electron chi connectivity index (χ1n) is 6.43. The van der Waals surface area contributed by atoms with Crippen LogP contribution in [-0.2, 0) is 11.8 Å². The van der Waals surface area contributed by atoms with Gasteiger partial charge in [0.1, 0.15) is 0 Å². The van der Waals surface area contributed by atoms with E-state index in [-0.39, 0.29) is 11.5 Å². The lowest BCUT2D eigenvalue weighted by Gasteiger charge is -2.15. The Bertz CT molecular complexity index is 604. The highest BCUT2D eigenvalue weighted by atomic mass is 127. The monoisotopic (exact) mass is 420 g/mol. The van der Waals surface area contributed by atoms with Gasteiger partial charge < -0.3 is 5.73 Å². The summed E-state index contributed by atoms with van der Waals surface area (Å²) in [6.07, 6.45) is 0.748. The Kier molecular flexibility index (Phi) is 5.10. The Balaban J connectivity index is 2.13. The molecule has 0 radical (unpaired) electrons. The topological polar surface area (TPSA) is 38.9 Å². The van der Waals surface area contributed by atoms with Crippen molar-refractivity contribution in [1.29, 1.82) is 0 Å². The molecule has 1 aromatic carbocycles. The third kappa shape index (κ3) is 3.93. The van der Waals surface area contributed by atoms with Gasteiger partial charge in [0.05, 0.1) is 15.7 Å². The molecule has 0 spiro atoms. The number of hydrogen-bond donors (Lipinski definition) is 1. The van der Waals surface area contributed by atoms with E-state index in [1.165, 1.54) is 0 Å². The van der Waals surface area contributed by atoms with E-state index in [1.807, 2.05) is 18.2 Å². The van der Waals surface area contributed by atoms with Crippen LogP contribution in [0.1, 0.15) is 43.1 Å². The molecule has 2 N–H and O–H groups in total. The second-order valence-electron chi connectivity index (χ2n) is 5.86. The van der Waals surface area contributed by atoms with E-state index in [2.05, 4.69) is 48.7 Å². The van der Waals surface area contributed by atoms with Gasteiger partial charge in [0.15, 0.2) is 0 Å². The van der Waals surface area contributed by atoms with Crippen molar-refractivity contribution in [3.63, 3.8) is 0 Å². The highest BCUT2D eigenvalue weighted by Crippen LogP contribution is 2.27. The molecular formula is C15H18ClIN2S. The third-order valence-electron chi connectivity index (χ3n) is 3.09. The fraction of sp³-hybridized carbons (Fsp3) is 0.400. The predicted octanol–water partition coefficient (Wildman–Crippen LogP) is 4.94. The van der Waals surface area contributed by atoms with Crippen molar-refractivity contribution in [2.24, 2.45) is 5.73 Å². The van der Waals surface area contributed by atoms with Gasteiger partial charge in [-0.1, -0.05) is 38.4 Å². The summed E-state index contributed by atoms with van der Waals surface area (Å²) < 4.78 is 1.05. The number of thiazole rings is 1. The summed E-state index contributed by atoms with van der Waals surface area (Å²) in [6, 6.07) is 5.92. The molecule has 2 rings (SSSR count). The lowest BCUT2D eigenvalue weighted by atomic mass is 9.93. The van der Waals surface area contributed by atoms with Crippen LogP contribution < -0.4 is 5.73 Å². The van der Waals surface area contributed by atoms with E-state index >= 15 is 0 Å². The van der Waals surface area contributed by atoms with E-state index in [0.29, 0.717) is 0 Å². The van der Waals surface area contributed by atoms with Crippen molar-refractivity contribution < 1.29 is 0 Å². The first kappa shape index (κ1) is 16.2. The number of halogens is 2. The molecule has 0 amide bonds. The second-order valence-corrected chi connectivity index (χ2v) is 8.37. The summed E-state index contributed by atoms with van der Waals surface area (Å²) in [5.74, 6) is 0. The van der Waals surface area contributed by atoms with Crippen molar-refractivity contribution in [1.82, 2.24) is 4.98 Å². The lowest BCUT2D eigenvalue weighted by molar-refractivity contribution is 0.569. The average molecular weight is 421 g/mol. The molecule has 2 aromatic rings. The van der Waals surface area contributed by atoms with Gasteiger partial charge >= 0.3 is 0 Å². The third-order valence-corrected chi connectivity index (χ3v) is 5.53. The quantitative estimate of drug-likeness (QED) is 0.714. The van der Waals surface area contributed by atoms with Gasteiger partial charge in [-0.15, -0.1) is 11.3 Å². The fourth-order valence-corrected chi connectivity index (χ4v) is 3.40. The Morgan fingerprint density at radius 3 is 2.65 bits per heavy atom. The number of nitrogens with zero attached hydrogens (tertiary/aromatic N) is 1. The van der Waals surface area contributed by atoms with Gasteiger partial charge in [-0.05, 0) is 40.3 Å². The number of rotatable bonds is 3. The SMILES string of the molecule is CC(C)(C)c1csc(CC(N)c2ccc(I)c(Cl)c2)n1. The molecular weight excluding hydrogens is 403 g/mol. The molecule has 0 aliphatic rings. The van der Waals surface area contributed by atoms with Crippen LogP contribution in [-0.4, -0.2) is 4.98 Å². The van der Waals surface area contributed by atoms with Gasteiger partial charge in [-0.3, -0.25) is 0 Å². The van der Waals surface area contributed by atoms with Crippen LogP contribution >= 0.6 is 45.5 Å². The van der Waals surface area contributed by atoms with Crippen LogP contribution in [0.4, 0.5) is 0 Å². The van der Waals surface area contributed by atoms with Crippen molar-refractivity contribution in [2.75, 3.05) is 0 Å². The van der Waals surface area contributed by atoms with E-state index in [1.54, 1.807) is 11.3 Å². The molecule has 0 aliphatic carbocycles. The van der Waals surface area contributed by atoms with Gasteiger partial charge in [-0.2, -0.15) is 0 Å². The molecule has 108 valence electrons. The summed E-state index contributed by atoms with van der Waals surface area (Å²) in [5.41, 5.74) is 8.55. The molecule has 1 atom stereocenters. The van der Waals surface area contributed by atoms with E-state index in [9.17, 15) is 0 Å². The molecule has 20 heavy (non-hydrogen) atoms. The molecule has 0 saturated heterocycles. The van der Waals surface area contributed by atoms with Crippen LogP contribution in [0.2, 0.25) is 5.02 Å². The normalized spacial score (nSPS) is 13.5. The minimum Gasteiger partial charge on any atom is -0.324 e. The van der Waals surface area contributed by atoms with Crippen molar-refractivity contribution in [3.8, 4) is 0 Å². The summed E-state index contributed by atoms with van der Waals surface area (Å²) in [7, 11) is 0. The fourth-order valence-electron chi connectivity index (χ4n) is 1.80. The highest BCUT2D eigenvalue weighted by Gasteiger charge is 2.18. The largest absolute Gasteiger partial charge is 0.324 e. The molecule has 1 unspecified atom stereocenters. The van der Waals surface area contributed by atoms with Crippen LogP contribution in [0.25, 0.3) is 0 Å². The molecule has 2 nitrogen and oxygen atoms in total. The Hall–Kier alpha value is -0.170. The van der Waals surface area contributed by atoms with Gasteiger partial charge in [0.25, 0.3) is 0 Å². The minimum atomic E-state index is -0.0662. The van der Waals surface area contributed by atoms with E-state index < -0.39 is 0 Å². The summed E-state index contributed by atoms with van der Waals surface area (Å²) in [4.78, 5) is 4.69. The smallest absolute Gasteiger partial charge is 0.0947 e. The van der Waals surface area contributed by atoms with Crippen molar-refractivity contribution in [3.05, 3.63) is 48.4 Å². The van der Waals surface area contributed by atoms with E-state index in [0.717, 1.165) is 31.3 Å². The zero-order valence-corrected chi connectivity index (χ0v) is 15.5. The Labute approximate surface area is 142 Å². The minimum absolute atomic E-state index is 0.0662. The summed E-state index contributed by atoms with van der Waals surface area (Å²) in [5, 5.41) is 3.97. The maximum absolute atomic E-state index is 6.27. The molecule has 1 heterocycles. The summed E-state index contributed by atoms with van der Waals surface area (Å²) in [6.45, 7) is 6.51. The zero-order valence-electron chi connectivity index (χ0n) is 11.8. The number of aromatic nitrogens is 1. The van der Waals surface area contributed by atoms with Gasteiger partial charge in [-0.25, -0.2) is 4.98 Å². The first-order chi connectivity index (χ1) is 9.27. The molecule has 0 bridgehead atoms. The van der Waals surface area contributed by atoms with Gasteiger partial charge in [0, 0.05) is 26.8 Å². The van der Waals surface area contributed by atoms with Crippen LogP contribution in [0, 0.1) is 3.57 Å². The van der Waals surface area contributed by atoms with Crippen molar-refractivity contribution in [2.45, 2.75) is 38.6 Å². The second kappa shape index (κ2) is 6.30. The van der Waals surface area contributed by atoms with Crippen molar-refractivity contribution >= 4 is 45.5 Å². The van der Waals surface area contributed by atoms with Crippen LogP contribution in [0.5, 0.6) is 0 Å². The standard InChI is InChI=1S/C15H18ClIN2S/c1-15(2,3)13-8-20-14(19-13)7-12(18)9-4-5-11(17)10(16)6-9/h4-6,8,12H,7,18H2,1-3H3. The number of benzene rings is 1. The average Bonchev–Trinajstić information content (AvgIpc) is 2.81. The molecule has 1 aromatic heterocycles. The molecule has 0 fully saturated rings. The molecule has 5 heteroatoms. The lowest BCUT2D eigenvalue weighted by Crippen LogP contribution is -2.15. The predicted molar refractivity (Wildman–Crippen MR) is 95.6 cm³/mol. The van der Waals surface area contributed by atoms with E-state index in [4.69, 9.17) is 22.3 Å². The molecule has 0 aliphatic heterocycles.